The van der Waals surface area contributed by atoms with Crippen molar-refractivity contribution in [1.29, 1.82) is 0 Å². The molecule has 3 rings (SSSR count). The third-order valence-corrected chi connectivity index (χ3v) is 3.26. The molecule has 1 heterocycles. The molecule has 0 aliphatic heterocycles. The topological polar surface area (TPSA) is 58.9 Å². The highest BCUT2D eigenvalue weighted by Crippen LogP contribution is 2.35. The predicted octanol–water partition coefficient (Wildman–Crippen LogP) is 4.54. The van der Waals surface area contributed by atoms with Crippen molar-refractivity contribution in [1.82, 2.24) is 4.98 Å². The number of fused-ring (bicyclic) bond motifs is 3. The maximum atomic E-state index is 11.0. The molecule has 0 saturated carbocycles. The summed E-state index contributed by atoms with van der Waals surface area (Å²) in [7, 11) is 0. The Morgan fingerprint density at radius 3 is 2.50 bits per heavy atom. The van der Waals surface area contributed by atoms with Crippen LogP contribution in [0, 0.1) is 10.1 Å². The first-order valence-electron chi connectivity index (χ1n) is 5.11. The zero-order chi connectivity index (χ0) is 12.9. The van der Waals surface area contributed by atoms with Gasteiger partial charge in [-0.3, -0.25) is 10.1 Å². The molecule has 0 aliphatic carbocycles. The molecule has 0 saturated heterocycles. The van der Waals surface area contributed by atoms with Crippen LogP contribution in [0.2, 0.25) is 10.0 Å². The Labute approximate surface area is 111 Å². The number of H-pyrrole nitrogens is 1. The number of hydrogen-bond donors (Lipinski definition) is 1. The van der Waals surface area contributed by atoms with Crippen molar-refractivity contribution in [3.05, 3.63) is 50.5 Å². The van der Waals surface area contributed by atoms with Crippen LogP contribution in [-0.4, -0.2) is 9.91 Å². The first kappa shape index (κ1) is 11.3. The molecule has 6 heteroatoms. The number of aromatic amines is 1. The molecule has 3 aromatic rings. The standard InChI is InChI=1S/C12H6Cl2N2O2/c13-6-1-2-10-8(3-6)9-4-7(14)5-11(16(17)18)12(9)15-10/h1-5,15H. The molecular formula is C12H6Cl2N2O2. The molecule has 18 heavy (non-hydrogen) atoms. The van der Waals surface area contributed by atoms with E-state index in [1.807, 2.05) is 0 Å². The van der Waals surface area contributed by atoms with Gasteiger partial charge in [0, 0.05) is 32.4 Å². The van der Waals surface area contributed by atoms with Crippen LogP contribution in [0.4, 0.5) is 5.69 Å². The summed E-state index contributed by atoms with van der Waals surface area (Å²) >= 11 is 11.9. The average molecular weight is 281 g/mol. The summed E-state index contributed by atoms with van der Waals surface area (Å²) in [6.45, 7) is 0. The number of nitrogens with one attached hydrogen (secondary N) is 1. The van der Waals surface area contributed by atoms with Gasteiger partial charge in [0.15, 0.2) is 0 Å². The number of benzene rings is 2. The van der Waals surface area contributed by atoms with E-state index in [9.17, 15) is 10.1 Å². The molecular weight excluding hydrogens is 275 g/mol. The van der Waals surface area contributed by atoms with E-state index in [1.165, 1.54) is 6.07 Å². The van der Waals surface area contributed by atoms with Gasteiger partial charge in [0.2, 0.25) is 0 Å². The normalized spacial score (nSPS) is 11.2. The van der Waals surface area contributed by atoms with E-state index < -0.39 is 4.92 Å². The molecule has 1 aromatic heterocycles. The number of nitrogens with zero attached hydrogens (tertiary/aromatic N) is 1. The van der Waals surface area contributed by atoms with Crippen molar-refractivity contribution in [3.8, 4) is 0 Å². The second-order valence-corrected chi connectivity index (χ2v) is 4.79. The van der Waals surface area contributed by atoms with Gasteiger partial charge in [-0.2, -0.15) is 0 Å². The van der Waals surface area contributed by atoms with E-state index in [4.69, 9.17) is 23.2 Å². The van der Waals surface area contributed by atoms with Crippen LogP contribution in [0.1, 0.15) is 0 Å². The number of hydrogen-bond acceptors (Lipinski definition) is 2. The van der Waals surface area contributed by atoms with Crippen molar-refractivity contribution >= 4 is 50.7 Å². The largest absolute Gasteiger partial charge is 0.349 e. The molecule has 0 spiro atoms. The lowest BCUT2D eigenvalue weighted by atomic mass is 10.1. The summed E-state index contributed by atoms with van der Waals surface area (Å²) in [4.78, 5) is 13.6. The van der Waals surface area contributed by atoms with Crippen molar-refractivity contribution in [3.63, 3.8) is 0 Å². The van der Waals surface area contributed by atoms with Crippen LogP contribution in [0.5, 0.6) is 0 Å². The fourth-order valence-corrected chi connectivity index (χ4v) is 2.45. The summed E-state index contributed by atoms with van der Waals surface area (Å²) in [5.41, 5.74) is 1.21. The zero-order valence-corrected chi connectivity index (χ0v) is 10.4. The maximum Gasteiger partial charge on any atom is 0.294 e. The Morgan fingerprint density at radius 2 is 1.78 bits per heavy atom. The Bertz CT molecular complexity index is 795. The Morgan fingerprint density at radius 1 is 1.06 bits per heavy atom. The third kappa shape index (κ3) is 1.62. The quantitative estimate of drug-likeness (QED) is 0.526. The fraction of sp³-hybridized carbons (Fsp3) is 0. The van der Waals surface area contributed by atoms with Crippen LogP contribution in [0.25, 0.3) is 21.8 Å². The van der Waals surface area contributed by atoms with Crippen LogP contribution >= 0.6 is 23.2 Å². The van der Waals surface area contributed by atoms with E-state index in [-0.39, 0.29) is 5.69 Å². The number of non-ortho nitro benzene ring substituents is 1. The van der Waals surface area contributed by atoms with Gasteiger partial charge in [0.25, 0.3) is 5.69 Å². The van der Waals surface area contributed by atoms with E-state index in [0.717, 1.165) is 10.9 Å². The van der Waals surface area contributed by atoms with Gasteiger partial charge in [-0.25, -0.2) is 0 Å². The highest BCUT2D eigenvalue weighted by Gasteiger charge is 2.17. The number of halogens is 2. The van der Waals surface area contributed by atoms with Gasteiger partial charge < -0.3 is 4.98 Å². The SMILES string of the molecule is O=[N+]([O-])c1cc(Cl)cc2c1[nH]c1ccc(Cl)cc12. The summed E-state index contributed by atoms with van der Waals surface area (Å²) in [5.74, 6) is 0. The Balaban J connectivity index is 2.54. The molecule has 2 aromatic carbocycles. The van der Waals surface area contributed by atoms with Crippen LogP contribution in [-0.2, 0) is 0 Å². The minimum atomic E-state index is -0.453. The molecule has 1 N–H and O–H groups in total. The van der Waals surface area contributed by atoms with E-state index in [1.54, 1.807) is 24.3 Å². The van der Waals surface area contributed by atoms with Crippen LogP contribution < -0.4 is 0 Å². The molecule has 90 valence electrons. The maximum absolute atomic E-state index is 11.0. The molecule has 0 aliphatic rings. The molecule has 0 unspecified atom stereocenters. The van der Waals surface area contributed by atoms with E-state index in [0.29, 0.717) is 20.9 Å². The van der Waals surface area contributed by atoms with Crippen LogP contribution in [0.3, 0.4) is 0 Å². The molecule has 4 nitrogen and oxygen atoms in total. The van der Waals surface area contributed by atoms with Gasteiger partial charge in [-0.05, 0) is 24.3 Å². The summed E-state index contributed by atoms with van der Waals surface area (Å²) in [6.07, 6.45) is 0. The monoisotopic (exact) mass is 280 g/mol. The minimum absolute atomic E-state index is 0.0372. The molecule has 0 atom stereocenters. The minimum Gasteiger partial charge on any atom is -0.349 e. The van der Waals surface area contributed by atoms with Crippen molar-refractivity contribution in [2.24, 2.45) is 0 Å². The lowest BCUT2D eigenvalue weighted by molar-refractivity contribution is -0.383. The van der Waals surface area contributed by atoms with Crippen molar-refractivity contribution in [2.45, 2.75) is 0 Å². The first-order valence-corrected chi connectivity index (χ1v) is 5.87. The number of aromatic nitrogens is 1. The van der Waals surface area contributed by atoms with Gasteiger partial charge >= 0.3 is 0 Å². The predicted molar refractivity (Wildman–Crippen MR) is 72.5 cm³/mol. The number of nitro benzene ring substituents is 1. The average Bonchev–Trinajstić information content (AvgIpc) is 2.66. The third-order valence-electron chi connectivity index (χ3n) is 2.81. The second-order valence-electron chi connectivity index (χ2n) is 3.92. The van der Waals surface area contributed by atoms with Gasteiger partial charge in [0.1, 0.15) is 5.52 Å². The Hall–Kier alpha value is -1.78. The van der Waals surface area contributed by atoms with Gasteiger partial charge in [-0.15, -0.1) is 0 Å². The number of rotatable bonds is 1. The molecule has 0 amide bonds. The van der Waals surface area contributed by atoms with Gasteiger partial charge in [-0.1, -0.05) is 23.2 Å². The summed E-state index contributed by atoms with van der Waals surface area (Å²) in [5, 5.41) is 13.4. The summed E-state index contributed by atoms with van der Waals surface area (Å²) < 4.78 is 0. The molecule has 0 fully saturated rings. The Kier molecular flexibility index (Phi) is 2.43. The summed E-state index contributed by atoms with van der Waals surface area (Å²) in [6, 6.07) is 8.30. The zero-order valence-electron chi connectivity index (χ0n) is 8.91. The fourth-order valence-electron chi connectivity index (χ4n) is 2.06. The van der Waals surface area contributed by atoms with Gasteiger partial charge in [0.05, 0.1) is 4.92 Å². The van der Waals surface area contributed by atoms with Crippen LogP contribution in [0.15, 0.2) is 30.3 Å². The first-order chi connectivity index (χ1) is 8.56. The highest BCUT2D eigenvalue weighted by atomic mass is 35.5. The second kappa shape index (κ2) is 3.86. The molecule has 0 radical (unpaired) electrons. The lowest BCUT2D eigenvalue weighted by Crippen LogP contribution is -1.89. The lowest BCUT2D eigenvalue weighted by Gasteiger charge is -1.96. The van der Waals surface area contributed by atoms with Crippen molar-refractivity contribution < 1.29 is 4.92 Å². The number of nitro groups is 1. The highest BCUT2D eigenvalue weighted by molar-refractivity contribution is 6.33. The van der Waals surface area contributed by atoms with E-state index >= 15 is 0 Å². The van der Waals surface area contributed by atoms with E-state index in [2.05, 4.69) is 4.98 Å². The molecule has 0 bridgehead atoms. The smallest absolute Gasteiger partial charge is 0.294 e. The van der Waals surface area contributed by atoms with Crippen molar-refractivity contribution in [2.75, 3.05) is 0 Å².